The fraction of sp³-hybridized carbons (Fsp3) is 0.125. The molecule has 0 fully saturated rings. The van der Waals surface area contributed by atoms with Crippen molar-refractivity contribution >= 4 is 40.3 Å². The standard InChI is InChI=1S/C16H11ClN4O4/c17-7-1-3-12-10(5-7)14(20-23)15(18-12)13-9-6-8(21(24)25)2-4-11(9)19-16(13)22/h1-6,13,15,18,23H,(H,19,22)/b20-14-. The molecule has 2 atom stereocenters. The number of halogens is 1. The quantitative estimate of drug-likeness (QED) is 0.433. The van der Waals surface area contributed by atoms with Gasteiger partial charge in [0.15, 0.2) is 0 Å². The van der Waals surface area contributed by atoms with Crippen LogP contribution in [0.1, 0.15) is 17.0 Å². The number of non-ortho nitro benzene ring substituents is 1. The zero-order chi connectivity index (χ0) is 17.7. The van der Waals surface area contributed by atoms with Crippen LogP contribution in [0.4, 0.5) is 17.1 Å². The number of nitrogens with one attached hydrogen (secondary N) is 2. The minimum Gasteiger partial charge on any atom is -0.411 e. The zero-order valence-electron chi connectivity index (χ0n) is 12.6. The molecule has 9 heteroatoms. The number of benzene rings is 2. The van der Waals surface area contributed by atoms with E-state index in [1.165, 1.54) is 18.2 Å². The first-order valence-corrected chi connectivity index (χ1v) is 7.75. The molecule has 2 aliphatic rings. The maximum absolute atomic E-state index is 12.5. The highest BCUT2D eigenvalue weighted by molar-refractivity contribution is 6.31. The number of hydrogen-bond acceptors (Lipinski definition) is 6. The third-order valence-electron chi connectivity index (χ3n) is 4.43. The van der Waals surface area contributed by atoms with E-state index in [0.29, 0.717) is 27.5 Å². The predicted molar refractivity (Wildman–Crippen MR) is 91.7 cm³/mol. The molecule has 0 aromatic heterocycles. The Balaban J connectivity index is 1.80. The molecule has 25 heavy (non-hydrogen) atoms. The van der Waals surface area contributed by atoms with Crippen molar-refractivity contribution in [3.63, 3.8) is 0 Å². The second kappa shape index (κ2) is 5.45. The van der Waals surface area contributed by atoms with E-state index >= 15 is 0 Å². The Hall–Kier alpha value is -3.13. The number of nitro benzene ring substituents is 1. The van der Waals surface area contributed by atoms with Crippen LogP contribution in [-0.4, -0.2) is 27.8 Å². The van der Waals surface area contributed by atoms with Crippen molar-refractivity contribution in [1.29, 1.82) is 0 Å². The highest BCUT2D eigenvalue weighted by Crippen LogP contribution is 2.42. The lowest BCUT2D eigenvalue weighted by Crippen LogP contribution is -2.34. The zero-order valence-corrected chi connectivity index (χ0v) is 13.3. The number of nitro groups is 1. The van der Waals surface area contributed by atoms with Crippen LogP contribution in [0.5, 0.6) is 0 Å². The summed E-state index contributed by atoms with van der Waals surface area (Å²) >= 11 is 6.00. The minimum absolute atomic E-state index is 0.110. The van der Waals surface area contributed by atoms with E-state index in [0.717, 1.165) is 0 Å². The summed E-state index contributed by atoms with van der Waals surface area (Å²) in [5.74, 6) is -1.10. The lowest BCUT2D eigenvalue weighted by atomic mass is 9.89. The maximum Gasteiger partial charge on any atom is 0.269 e. The number of amides is 1. The highest BCUT2D eigenvalue weighted by Gasteiger charge is 2.44. The Morgan fingerprint density at radius 3 is 2.68 bits per heavy atom. The molecule has 8 nitrogen and oxygen atoms in total. The first-order chi connectivity index (χ1) is 12.0. The van der Waals surface area contributed by atoms with E-state index in [9.17, 15) is 20.1 Å². The summed E-state index contributed by atoms with van der Waals surface area (Å²) in [6.07, 6.45) is 0. The van der Waals surface area contributed by atoms with Gasteiger partial charge < -0.3 is 15.8 Å². The molecule has 2 unspecified atom stereocenters. The SMILES string of the molecule is O=C1Nc2ccc([N+](=O)[O-])cc2C1C1Nc2ccc(Cl)cc2/C1=N/O. The summed E-state index contributed by atoms with van der Waals surface area (Å²) < 4.78 is 0. The van der Waals surface area contributed by atoms with Gasteiger partial charge in [-0.1, -0.05) is 16.8 Å². The van der Waals surface area contributed by atoms with Gasteiger partial charge in [-0.3, -0.25) is 14.9 Å². The van der Waals surface area contributed by atoms with Crippen molar-refractivity contribution in [3.05, 3.63) is 62.7 Å². The van der Waals surface area contributed by atoms with Crippen molar-refractivity contribution in [1.82, 2.24) is 0 Å². The molecule has 2 aromatic carbocycles. The second-order valence-corrected chi connectivity index (χ2v) is 6.23. The van der Waals surface area contributed by atoms with Gasteiger partial charge >= 0.3 is 0 Å². The molecule has 0 radical (unpaired) electrons. The van der Waals surface area contributed by atoms with E-state index in [1.807, 2.05) is 0 Å². The van der Waals surface area contributed by atoms with Crippen LogP contribution < -0.4 is 10.6 Å². The number of carbonyl (C=O) groups excluding carboxylic acids is 1. The van der Waals surface area contributed by atoms with Crippen LogP contribution in [0.15, 0.2) is 41.6 Å². The van der Waals surface area contributed by atoms with Crippen molar-refractivity contribution in [2.24, 2.45) is 5.16 Å². The molecule has 0 bridgehead atoms. The summed E-state index contributed by atoms with van der Waals surface area (Å²) in [7, 11) is 0. The number of anilines is 2. The summed E-state index contributed by atoms with van der Waals surface area (Å²) in [5, 5.41) is 30.2. The van der Waals surface area contributed by atoms with Gasteiger partial charge in [0.05, 0.1) is 16.9 Å². The molecule has 0 aliphatic carbocycles. The Bertz CT molecular complexity index is 959. The van der Waals surface area contributed by atoms with Crippen LogP contribution in [0.3, 0.4) is 0 Å². The Morgan fingerprint density at radius 1 is 1.20 bits per heavy atom. The van der Waals surface area contributed by atoms with Gasteiger partial charge in [0, 0.05) is 34.1 Å². The van der Waals surface area contributed by atoms with E-state index in [4.69, 9.17) is 11.6 Å². The van der Waals surface area contributed by atoms with Crippen molar-refractivity contribution in [2.45, 2.75) is 12.0 Å². The molecule has 1 amide bonds. The summed E-state index contributed by atoms with van der Waals surface area (Å²) in [6, 6.07) is 8.58. The van der Waals surface area contributed by atoms with Crippen LogP contribution in [0, 0.1) is 10.1 Å². The summed E-state index contributed by atoms with van der Waals surface area (Å²) in [5.41, 5.74) is 2.41. The Morgan fingerprint density at radius 2 is 1.96 bits per heavy atom. The molecule has 0 saturated heterocycles. The van der Waals surface area contributed by atoms with E-state index in [2.05, 4.69) is 15.8 Å². The third-order valence-corrected chi connectivity index (χ3v) is 4.66. The Labute approximate surface area is 146 Å². The van der Waals surface area contributed by atoms with Gasteiger partial charge in [0.2, 0.25) is 5.91 Å². The number of carbonyl (C=O) groups is 1. The Kier molecular flexibility index (Phi) is 3.36. The summed E-state index contributed by atoms with van der Waals surface area (Å²) in [6.45, 7) is 0. The van der Waals surface area contributed by atoms with Gasteiger partial charge in [-0.25, -0.2) is 0 Å². The van der Waals surface area contributed by atoms with Crippen LogP contribution in [0.2, 0.25) is 5.02 Å². The fourth-order valence-corrected chi connectivity index (χ4v) is 3.50. The second-order valence-electron chi connectivity index (χ2n) is 5.79. The van der Waals surface area contributed by atoms with Crippen molar-refractivity contribution in [3.8, 4) is 0 Å². The van der Waals surface area contributed by atoms with Crippen molar-refractivity contribution in [2.75, 3.05) is 10.6 Å². The molecule has 0 spiro atoms. The molecular weight excluding hydrogens is 348 g/mol. The molecular formula is C16H11ClN4O4. The molecule has 2 heterocycles. The number of hydrogen-bond donors (Lipinski definition) is 3. The smallest absolute Gasteiger partial charge is 0.269 e. The lowest BCUT2D eigenvalue weighted by Gasteiger charge is -2.18. The number of nitrogens with zero attached hydrogens (tertiary/aromatic N) is 2. The third kappa shape index (κ3) is 2.30. The van der Waals surface area contributed by atoms with E-state index in [1.54, 1.807) is 18.2 Å². The maximum atomic E-state index is 12.5. The van der Waals surface area contributed by atoms with E-state index < -0.39 is 16.9 Å². The topological polar surface area (TPSA) is 117 Å². The fourth-order valence-electron chi connectivity index (χ4n) is 3.33. The van der Waals surface area contributed by atoms with Crippen LogP contribution >= 0.6 is 11.6 Å². The normalized spacial score (nSPS) is 22.3. The van der Waals surface area contributed by atoms with Gasteiger partial charge in [-0.05, 0) is 29.8 Å². The molecule has 3 N–H and O–H groups in total. The molecule has 126 valence electrons. The number of fused-ring (bicyclic) bond motifs is 2. The van der Waals surface area contributed by atoms with Crippen molar-refractivity contribution < 1.29 is 14.9 Å². The van der Waals surface area contributed by atoms with Gasteiger partial charge in [-0.15, -0.1) is 0 Å². The minimum atomic E-state index is -0.771. The largest absolute Gasteiger partial charge is 0.411 e. The van der Waals surface area contributed by atoms with Crippen LogP contribution in [0.25, 0.3) is 0 Å². The van der Waals surface area contributed by atoms with Crippen LogP contribution in [-0.2, 0) is 4.79 Å². The first-order valence-electron chi connectivity index (χ1n) is 7.37. The molecule has 2 aliphatic heterocycles. The predicted octanol–water partition coefficient (Wildman–Crippen LogP) is 2.96. The van der Waals surface area contributed by atoms with Gasteiger partial charge in [0.25, 0.3) is 5.69 Å². The number of rotatable bonds is 2. The highest BCUT2D eigenvalue weighted by atomic mass is 35.5. The van der Waals surface area contributed by atoms with Gasteiger partial charge in [-0.2, -0.15) is 0 Å². The molecule has 0 saturated carbocycles. The van der Waals surface area contributed by atoms with Gasteiger partial charge in [0.1, 0.15) is 5.71 Å². The lowest BCUT2D eigenvalue weighted by molar-refractivity contribution is -0.384. The van der Waals surface area contributed by atoms with E-state index in [-0.39, 0.29) is 17.3 Å². The molecule has 4 rings (SSSR count). The average molecular weight is 359 g/mol. The monoisotopic (exact) mass is 358 g/mol. The summed E-state index contributed by atoms with van der Waals surface area (Å²) in [4.78, 5) is 23.0. The number of oxime groups is 1. The average Bonchev–Trinajstić information content (AvgIpc) is 3.09. The first kappa shape index (κ1) is 15.4. The molecule has 2 aromatic rings.